The standard InChI is InChI=1S/C20H19N3O3S3/c1-14(24)17(18(25)21-15-8-4-2-5-9-15)28-19-22-23(20(27)29-19)12-13-26-16-10-6-3-7-11-16/h2-11,17H,12-13H2,1H3,(H,21,25)/t17-/m0/s1. The lowest BCUT2D eigenvalue weighted by molar-refractivity contribution is -0.123. The Morgan fingerprint density at radius 3 is 2.48 bits per heavy atom. The molecule has 0 spiro atoms. The van der Waals surface area contributed by atoms with Crippen molar-refractivity contribution in [1.29, 1.82) is 0 Å². The van der Waals surface area contributed by atoms with E-state index in [1.54, 1.807) is 16.8 Å². The van der Waals surface area contributed by atoms with E-state index >= 15 is 0 Å². The van der Waals surface area contributed by atoms with Gasteiger partial charge in [0.1, 0.15) is 17.6 Å². The van der Waals surface area contributed by atoms with Crippen molar-refractivity contribution in [2.75, 3.05) is 11.9 Å². The number of hydrogen-bond acceptors (Lipinski definition) is 7. The van der Waals surface area contributed by atoms with Crippen molar-refractivity contribution in [3.05, 3.63) is 64.6 Å². The van der Waals surface area contributed by atoms with Gasteiger partial charge in [-0.05, 0) is 43.4 Å². The summed E-state index contributed by atoms with van der Waals surface area (Å²) in [7, 11) is 0. The molecule has 0 unspecified atom stereocenters. The molecule has 6 nitrogen and oxygen atoms in total. The fraction of sp³-hybridized carbons (Fsp3) is 0.200. The Morgan fingerprint density at radius 2 is 1.83 bits per heavy atom. The Kier molecular flexibility index (Phi) is 7.56. The summed E-state index contributed by atoms with van der Waals surface area (Å²) in [5.74, 6) is 0.148. The van der Waals surface area contributed by atoms with Crippen molar-refractivity contribution in [2.45, 2.75) is 23.1 Å². The molecule has 0 aliphatic heterocycles. The van der Waals surface area contributed by atoms with Crippen LogP contribution in [0.15, 0.2) is 65.0 Å². The van der Waals surface area contributed by atoms with Gasteiger partial charge in [0.05, 0.1) is 6.54 Å². The number of carbonyl (C=O) groups excluding carboxylic acids is 2. The van der Waals surface area contributed by atoms with E-state index in [9.17, 15) is 9.59 Å². The van der Waals surface area contributed by atoms with Crippen molar-refractivity contribution in [3.63, 3.8) is 0 Å². The van der Waals surface area contributed by atoms with Crippen LogP contribution in [0.25, 0.3) is 0 Å². The highest BCUT2D eigenvalue weighted by Crippen LogP contribution is 2.28. The van der Waals surface area contributed by atoms with Crippen LogP contribution in [0.3, 0.4) is 0 Å². The zero-order chi connectivity index (χ0) is 20.6. The lowest BCUT2D eigenvalue weighted by Gasteiger charge is -2.12. The number of nitrogens with one attached hydrogen (secondary N) is 1. The number of benzene rings is 2. The monoisotopic (exact) mass is 445 g/mol. The van der Waals surface area contributed by atoms with Crippen LogP contribution in [0.1, 0.15) is 6.92 Å². The molecule has 1 amide bonds. The second-order valence-electron chi connectivity index (χ2n) is 5.98. The van der Waals surface area contributed by atoms with Gasteiger partial charge in [-0.25, -0.2) is 4.68 Å². The quantitative estimate of drug-likeness (QED) is 0.298. The van der Waals surface area contributed by atoms with Crippen LogP contribution in [0.5, 0.6) is 5.75 Å². The first-order valence-electron chi connectivity index (χ1n) is 8.82. The van der Waals surface area contributed by atoms with E-state index in [2.05, 4.69) is 10.4 Å². The molecular weight excluding hydrogens is 426 g/mol. The van der Waals surface area contributed by atoms with Gasteiger partial charge in [-0.1, -0.05) is 59.5 Å². The number of para-hydroxylation sites is 2. The van der Waals surface area contributed by atoms with E-state index in [0.717, 1.165) is 17.5 Å². The molecule has 0 saturated carbocycles. The average Bonchev–Trinajstić information content (AvgIpc) is 3.07. The van der Waals surface area contributed by atoms with Crippen molar-refractivity contribution in [3.8, 4) is 5.75 Å². The second-order valence-corrected chi connectivity index (χ2v) is 8.96. The number of thioether (sulfide) groups is 1. The van der Waals surface area contributed by atoms with Gasteiger partial charge >= 0.3 is 0 Å². The van der Waals surface area contributed by atoms with Crippen LogP contribution in [0, 0.1) is 3.95 Å². The maximum Gasteiger partial charge on any atom is 0.245 e. The number of Topliss-reactive ketones (excluding diaryl/α,β-unsaturated/α-hetero) is 1. The number of amides is 1. The SMILES string of the molecule is CC(=O)[C@H](Sc1nn(CCOc2ccccc2)c(=S)s1)C(=O)Nc1ccccc1. The zero-order valence-corrected chi connectivity index (χ0v) is 18.1. The molecular formula is C20H19N3O3S3. The van der Waals surface area contributed by atoms with Crippen LogP contribution in [-0.2, 0) is 16.1 Å². The van der Waals surface area contributed by atoms with Gasteiger partial charge in [-0.15, -0.1) is 0 Å². The third-order valence-electron chi connectivity index (χ3n) is 3.77. The van der Waals surface area contributed by atoms with Crippen LogP contribution in [0.4, 0.5) is 5.69 Å². The number of hydrogen-bond donors (Lipinski definition) is 1. The molecule has 0 aliphatic rings. The fourth-order valence-electron chi connectivity index (χ4n) is 2.39. The first-order chi connectivity index (χ1) is 14.0. The first-order valence-corrected chi connectivity index (χ1v) is 10.9. The van der Waals surface area contributed by atoms with E-state index in [-0.39, 0.29) is 11.7 Å². The third-order valence-corrected chi connectivity index (χ3v) is 6.48. The number of ether oxygens (including phenoxy) is 1. The molecule has 3 aromatic rings. The number of aromatic nitrogens is 2. The molecule has 0 bridgehead atoms. The van der Waals surface area contributed by atoms with Crippen molar-refractivity contribution in [1.82, 2.24) is 9.78 Å². The van der Waals surface area contributed by atoms with Crippen LogP contribution in [-0.4, -0.2) is 33.3 Å². The molecule has 150 valence electrons. The number of ketones is 1. The lowest BCUT2D eigenvalue weighted by atomic mass is 10.2. The molecule has 3 rings (SSSR count). The molecule has 0 radical (unpaired) electrons. The normalized spacial score (nSPS) is 11.6. The predicted octanol–water partition coefficient (Wildman–Crippen LogP) is 4.44. The molecule has 1 heterocycles. The van der Waals surface area contributed by atoms with Gasteiger partial charge in [0.25, 0.3) is 0 Å². The molecule has 29 heavy (non-hydrogen) atoms. The van der Waals surface area contributed by atoms with Crippen LogP contribution in [0.2, 0.25) is 0 Å². The van der Waals surface area contributed by atoms with Gasteiger partial charge in [0, 0.05) is 5.69 Å². The topological polar surface area (TPSA) is 73.2 Å². The smallest absolute Gasteiger partial charge is 0.245 e. The van der Waals surface area contributed by atoms with E-state index in [1.807, 2.05) is 48.5 Å². The Bertz CT molecular complexity index is 1020. The van der Waals surface area contributed by atoms with Gasteiger partial charge in [-0.3, -0.25) is 9.59 Å². The second kappa shape index (κ2) is 10.3. The minimum Gasteiger partial charge on any atom is -0.492 e. The fourth-order valence-corrected chi connectivity index (χ4v) is 4.84. The third kappa shape index (κ3) is 6.25. The summed E-state index contributed by atoms with van der Waals surface area (Å²) in [5.41, 5.74) is 0.639. The maximum absolute atomic E-state index is 12.6. The molecule has 0 aliphatic carbocycles. The Labute approximate surface area is 181 Å². The summed E-state index contributed by atoms with van der Waals surface area (Å²) in [6, 6.07) is 18.5. The summed E-state index contributed by atoms with van der Waals surface area (Å²) in [6.45, 7) is 2.29. The molecule has 1 aromatic heterocycles. The highest BCUT2D eigenvalue weighted by Gasteiger charge is 2.26. The van der Waals surface area contributed by atoms with Crippen LogP contribution >= 0.6 is 35.3 Å². The largest absolute Gasteiger partial charge is 0.492 e. The molecule has 1 N–H and O–H groups in total. The average molecular weight is 446 g/mol. The van der Waals surface area contributed by atoms with E-state index in [1.165, 1.54) is 18.3 Å². The number of rotatable bonds is 9. The summed E-state index contributed by atoms with van der Waals surface area (Å²) in [6.07, 6.45) is 0. The number of anilines is 1. The van der Waals surface area contributed by atoms with E-state index in [4.69, 9.17) is 17.0 Å². The Morgan fingerprint density at radius 1 is 1.17 bits per heavy atom. The molecule has 1 atom stereocenters. The van der Waals surface area contributed by atoms with Crippen molar-refractivity contribution in [2.24, 2.45) is 0 Å². The molecule has 9 heteroatoms. The van der Waals surface area contributed by atoms with Crippen molar-refractivity contribution >= 4 is 52.7 Å². The van der Waals surface area contributed by atoms with Gasteiger partial charge in [-0.2, -0.15) is 5.10 Å². The van der Waals surface area contributed by atoms with Gasteiger partial charge in [0.2, 0.25) is 5.91 Å². The molecule has 0 fully saturated rings. The summed E-state index contributed by atoms with van der Waals surface area (Å²) in [4.78, 5) is 24.6. The van der Waals surface area contributed by atoms with Crippen LogP contribution < -0.4 is 10.1 Å². The Balaban J connectivity index is 1.61. The number of nitrogens with zero attached hydrogens (tertiary/aromatic N) is 2. The predicted molar refractivity (Wildman–Crippen MR) is 118 cm³/mol. The van der Waals surface area contributed by atoms with Gasteiger partial charge in [0.15, 0.2) is 14.1 Å². The zero-order valence-electron chi connectivity index (χ0n) is 15.6. The minimum absolute atomic E-state index is 0.247. The highest BCUT2D eigenvalue weighted by atomic mass is 32.2. The lowest BCUT2D eigenvalue weighted by Crippen LogP contribution is -2.30. The van der Waals surface area contributed by atoms with Crippen molar-refractivity contribution < 1.29 is 14.3 Å². The summed E-state index contributed by atoms with van der Waals surface area (Å²) < 4.78 is 8.45. The summed E-state index contributed by atoms with van der Waals surface area (Å²) >= 11 is 7.74. The number of carbonyl (C=O) groups is 2. The van der Waals surface area contributed by atoms with E-state index < -0.39 is 5.25 Å². The minimum atomic E-state index is -0.898. The highest BCUT2D eigenvalue weighted by molar-refractivity contribution is 8.03. The van der Waals surface area contributed by atoms with Gasteiger partial charge < -0.3 is 10.1 Å². The maximum atomic E-state index is 12.6. The molecule has 2 aromatic carbocycles. The molecule has 0 saturated heterocycles. The van der Waals surface area contributed by atoms with E-state index in [0.29, 0.717) is 27.1 Å². The Hall–Kier alpha value is -2.49. The summed E-state index contributed by atoms with van der Waals surface area (Å²) in [5, 5.41) is 6.30. The first kappa shape index (κ1) is 21.2.